The molecule has 0 aromatic rings. The zero-order valence-corrected chi connectivity index (χ0v) is 24.8. The summed E-state index contributed by atoms with van der Waals surface area (Å²) in [5.74, 6) is -6.34. The number of hydrogen-bond acceptors (Lipinski definition) is 8. The lowest BCUT2D eigenvalue weighted by Gasteiger charge is -2.71. The van der Waals surface area contributed by atoms with E-state index in [9.17, 15) is 34.8 Å². The zero-order chi connectivity index (χ0) is 29.5. The Balaban J connectivity index is 2.47. The molecule has 3 aliphatic rings. The van der Waals surface area contributed by atoms with Gasteiger partial charge in [0.2, 0.25) is 5.79 Å². The molecule has 2 saturated carbocycles. The number of rotatable bonds is 7. The van der Waals surface area contributed by atoms with Crippen LogP contribution in [0, 0.1) is 28.1 Å². The predicted molar refractivity (Wildman–Crippen MR) is 142 cm³/mol. The summed E-state index contributed by atoms with van der Waals surface area (Å²) in [4.78, 5) is 43.9. The molecule has 1 unspecified atom stereocenters. The van der Waals surface area contributed by atoms with Gasteiger partial charge in [0.05, 0.1) is 22.7 Å². The Kier molecular flexibility index (Phi) is 7.39. The van der Waals surface area contributed by atoms with Crippen LogP contribution in [0.4, 0.5) is 0 Å². The average molecular weight is 537 g/mol. The lowest BCUT2D eigenvalue weighted by molar-refractivity contribution is -0.415. The number of ketones is 3. The number of aliphatic hydroxyl groups excluding tert-OH is 1. The Morgan fingerprint density at radius 2 is 1.63 bits per heavy atom. The SMILES string of the molecule is CC(C)=CC[C@H]1CC23C[C@H](O)C(C)(C)O[C@@]2(O)[C@](O)(CCC(C)(C)O)C(=O)[C@](C(=O)C(C)C)(C3=O)C1(C)C. The highest BCUT2D eigenvalue weighted by Crippen LogP contribution is 2.71. The van der Waals surface area contributed by atoms with E-state index in [-0.39, 0.29) is 19.3 Å². The number of carbonyl (C=O) groups excluding carboxylic acids is 3. The zero-order valence-electron chi connectivity index (χ0n) is 24.8. The molecular weight excluding hydrogens is 488 g/mol. The molecule has 0 aromatic heterocycles. The first-order chi connectivity index (χ1) is 17.0. The first-order valence-electron chi connectivity index (χ1n) is 13.8. The van der Waals surface area contributed by atoms with Crippen molar-refractivity contribution in [3.63, 3.8) is 0 Å². The van der Waals surface area contributed by atoms with Gasteiger partial charge >= 0.3 is 0 Å². The maximum Gasteiger partial charge on any atom is 0.216 e. The quantitative estimate of drug-likeness (QED) is 0.287. The van der Waals surface area contributed by atoms with E-state index < -0.39 is 80.5 Å². The minimum atomic E-state index is -2.72. The summed E-state index contributed by atoms with van der Waals surface area (Å²) in [6.07, 6.45) is 0.393. The van der Waals surface area contributed by atoms with E-state index in [2.05, 4.69) is 0 Å². The number of ether oxygens (including phenoxy) is 1. The number of aliphatic hydroxyl groups is 4. The number of allylic oxidation sites excluding steroid dienone is 2. The summed E-state index contributed by atoms with van der Waals surface area (Å²) in [6, 6.07) is 0. The van der Waals surface area contributed by atoms with Gasteiger partial charge in [-0.2, -0.15) is 0 Å². The molecule has 6 atom stereocenters. The van der Waals surface area contributed by atoms with Crippen LogP contribution in [0.15, 0.2) is 11.6 Å². The first kappa shape index (κ1) is 31.1. The van der Waals surface area contributed by atoms with Crippen molar-refractivity contribution in [3.05, 3.63) is 11.6 Å². The average Bonchev–Trinajstić information content (AvgIpc) is 2.75. The Bertz CT molecular complexity index is 1040. The third-order valence-electron chi connectivity index (χ3n) is 9.84. The van der Waals surface area contributed by atoms with Crippen molar-refractivity contribution in [2.45, 2.75) is 130 Å². The van der Waals surface area contributed by atoms with Crippen LogP contribution in [-0.4, -0.2) is 66.5 Å². The molecule has 1 spiro atoms. The largest absolute Gasteiger partial charge is 0.390 e. The van der Waals surface area contributed by atoms with Gasteiger partial charge in [-0.05, 0) is 85.0 Å². The van der Waals surface area contributed by atoms with Crippen molar-refractivity contribution in [3.8, 4) is 0 Å². The van der Waals surface area contributed by atoms with Gasteiger partial charge in [0.1, 0.15) is 0 Å². The van der Waals surface area contributed by atoms with Crippen LogP contribution in [0.25, 0.3) is 0 Å². The van der Waals surface area contributed by atoms with E-state index in [4.69, 9.17) is 4.74 Å². The van der Waals surface area contributed by atoms with Gasteiger partial charge in [0, 0.05) is 5.92 Å². The Morgan fingerprint density at radius 1 is 1.08 bits per heavy atom. The molecule has 0 amide bonds. The Morgan fingerprint density at radius 3 is 2.11 bits per heavy atom. The minimum absolute atomic E-state index is 0.0114. The third kappa shape index (κ3) is 3.92. The molecule has 0 aromatic carbocycles. The lowest BCUT2D eigenvalue weighted by Crippen LogP contribution is -2.88. The van der Waals surface area contributed by atoms with Gasteiger partial charge in [0.15, 0.2) is 28.4 Å². The molecule has 8 heteroatoms. The van der Waals surface area contributed by atoms with Crippen molar-refractivity contribution in [1.29, 1.82) is 0 Å². The molecule has 38 heavy (non-hydrogen) atoms. The van der Waals surface area contributed by atoms with Crippen molar-refractivity contribution in [1.82, 2.24) is 0 Å². The molecule has 216 valence electrons. The standard InChI is InChI=1S/C30H48O8/c1-17(2)11-12-19-15-27-16-20(31)26(9,10)38-30(27,37)28(36,14-13-24(5,6)35)23(34)29(22(27)33,25(19,7)8)21(32)18(3)4/h11,18-20,31,35-37H,12-16H2,1-10H3/t19-,20-,27?,28-,29-,30+/m0/s1. The molecule has 3 fully saturated rings. The van der Waals surface area contributed by atoms with Crippen molar-refractivity contribution >= 4 is 17.3 Å². The maximum atomic E-state index is 14.8. The molecule has 8 nitrogen and oxygen atoms in total. The summed E-state index contributed by atoms with van der Waals surface area (Å²) in [6.45, 7) is 16.6. The number of hydrogen-bond donors (Lipinski definition) is 4. The molecule has 3 rings (SSSR count). The van der Waals surface area contributed by atoms with E-state index in [1.165, 1.54) is 27.7 Å². The third-order valence-corrected chi connectivity index (χ3v) is 9.84. The molecule has 2 aliphatic carbocycles. The monoisotopic (exact) mass is 536 g/mol. The summed E-state index contributed by atoms with van der Waals surface area (Å²) in [5, 5.41) is 46.6. The Labute approximate surface area is 226 Å². The second kappa shape index (κ2) is 9.03. The van der Waals surface area contributed by atoms with Crippen LogP contribution in [0.3, 0.4) is 0 Å². The lowest BCUT2D eigenvalue weighted by atomic mass is 9.34. The van der Waals surface area contributed by atoms with Crippen molar-refractivity contribution in [2.75, 3.05) is 0 Å². The van der Waals surface area contributed by atoms with Gasteiger partial charge in [-0.1, -0.05) is 39.3 Å². The van der Waals surface area contributed by atoms with E-state index in [0.717, 1.165) is 5.57 Å². The summed E-state index contributed by atoms with van der Waals surface area (Å²) in [5.41, 5.74) is -9.82. The highest BCUT2D eigenvalue weighted by molar-refractivity contribution is 6.31. The van der Waals surface area contributed by atoms with Gasteiger partial charge < -0.3 is 25.2 Å². The van der Waals surface area contributed by atoms with Crippen molar-refractivity contribution in [2.24, 2.45) is 28.1 Å². The van der Waals surface area contributed by atoms with Crippen LogP contribution in [0.1, 0.15) is 101 Å². The molecule has 1 saturated heterocycles. The van der Waals surface area contributed by atoms with E-state index in [1.54, 1.807) is 27.7 Å². The molecule has 4 N–H and O–H groups in total. The van der Waals surface area contributed by atoms with Crippen LogP contribution >= 0.6 is 0 Å². The summed E-state index contributed by atoms with van der Waals surface area (Å²) >= 11 is 0. The molecule has 1 heterocycles. The molecule has 1 aliphatic heterocycles. The fourth-order valence-electron chi connectivity index (χ4n) is 7.30. The molecular formula is C30H48O8. The van der Waals surface area contributed by atoms with Crippen LogP contribution in [0.2, 0.25) is 0 Å². The topological polar surface area (TPSA) is 141 Å². The van der Waals surface area contributed by atoms with Gasteiger partial charge in [-0.3, -0.25) is 14.4 Å². The number of carbonyl (C=O) groups is 3. The molecule has 2 bridgehead atoms. The fourth-order valence-corrected chi connectivity index (χ4v) is 7.30. The highest BCUT2D eigenvalue weighted by atomic mass is 16.7. The Hall–Kier alpha value is -1.45. The van der Waals surface area contributed by atoms with Crippen LogP contribution in [0.5, 0.6) is 0 Å². The van der Waals surface area contributed by atoms with E-state index in [1.807, 2.05) is 19.9 Å². The highest BCUT2D eigenvalue weighted by Gasteiger charge is 2.87. The second-order valence-electron chi connectivity index (χ2n) is 14.4. The van der Waals surface area contributed by atoms with Crippen LogP contribution in [-0.2, 0) is 19.1 Å². The minimum Gasteiger partial charge on any atom is -0.390 e. The predicted octanol–water partition coefficient (Wildman–Crippen LogP) is 3.27. The first-order valence-corrected chi connectivity index (χ1v) is 13.8. The van der Waals surface area contributed by atoms with Gasteiger partial charge in [-0.25, -0.2) is 0 Å². The van der Waals surface area contributed by atoms with Crippen LogP contribution < -0.4 is 0 Å². The van der Waals surface area contributed by atoms with Crippen molar-refractivity contribution < 1.29 is 39.5 Å². The normalized spacial score (nSPS) is 40.1. The second-order valence-corrected chi connectivity index (χ2v) is 14.4. The van der Waals surface area contributed by atoms with Gasteiger partial charge in [-0.15, -0.1) is 0 Å². The van der Waals surface area contributed by atoms with E-state index >= 15 is 0 Å². The van der Waals surface area contributed by atoms with E-state index in [0.29, 0.717) is 6.42 Å². The summed E-state index contributed by atoms with van der Waals surface area (Å²) < 4.78 is 6.11. The number of Topliss-reactive ketones (excluding diaryl/α,β-unsaturated/α-hetero) is 3. The number of fused-ring (bicyclic) bond motifs is 1. The smallest absolute Gasteiger partial charge is 0.216 e. The fraction of sp³-hybridized carbons (Fsp3) is 0.833. The maximum absolute atomic E-state index is 14.8. The molecule has 0 radical (unpaired) electrons. The summed E-state index contributed by atoms with van der Waals surface area (Å²) in [7, 11) is 0. The van der Waals surface area contributed by atoms with Gasteiger partial charge in [0.25, 0.3) is 0 Å².